The minimum Gasteiger partial charge on any atom is -0.480 e. The van der Waals surface area contributed by atoms with Crippen LogP contribution in [0.3, 0.4) is 0 Å². The van der Waals surface area contributed by atoms with Crippen LogP contribution in [0.1, 0.15) is 28.5 Å². The molecule has 0 bridgehead atoms. The third kappa shape index (κ3) is 4.53. The Bertz CT molecular complexity index is 1330. The van der Waals surface area contributed by atoms with E-state index in [2.05, 4.69) is 28.1 Å². The summed E-state index contributed by atoms with van der Waals surface area (Å²) in [5.74, 6) is 0.0141. The molecular formula is C23H13BrN4OS2. The van der Waals surface area contributed by atoms with Crippen molar-refractivity contribution in [2.45, 2.75) is 19.4 Å². The van der Waals surface area contributed by atoms with Crippen molar-refractivity contribution >= 4 is 56.3 Å². The molecular weight excluding hydrogens is 492 g/mol. The zero-order chi connectivity index (χ0) is 22.6. The van der Waals surface area contributed by atoms with Gasteiger partial charge in [-0.1, -0.05) is 6.08 Å². The van der Waals surface area contributed by atoms with Gasteiger partial charge in [0.15, 0.2) is 11.3 Å². The third-order valence-electron chi connectivity index (χ3n) is 4.41. The molecule has 0 saturated heterocycles. The Morgan fingerprint density at radius 2 is 1.81 bits per heavy atom. The lowest BCUT2D eigenvalue weighted by molar-refractivity contribution is 0.0954. The van der Waals surface area contributed by atoms with Gasteiger partial charge in [-0.15, -0.1) is 22.7 Å². The fraction of sp³-hybridized carbons (Fsp3) is 0.130. The van der Waals surface area contributed by atoms with Crippen molar-refractivity contribution in [2.75, 3.05) is 0 Å². The first-order valence-corrected chi connectivity index (χ1v) is 11.3. The van der Waals surface area contributed by atoms with Crippen LogP contribution in [0.5, 0.6) is 0 Å². The number of thiophene rings is 2. The van der Waals surface area contributed by atoms with E-state index in [1.165, 1.54) is 11.3 Å². The van der Waals surface area contributed by atoms with Gasteiger partial charge in [-0.05, 0) is 65.5 Å². The number of allylic oxidation sites excluding steroid dienone is 3. The predicted octanol–water partition coefficient (Wildman–Crippen LogP) is 6.58. The monoisotopic (exact) mass is 504 g/mol. The van der Waals surface area contributed by atoms with E-state index < -0.39 is 5.60 Å². The van der Waals surface area contributed by atoms with Crippen LogP contribution in [0, 0.1) is 45.3 Å². The molecule has 0 saturated carbocycles. The molecule has 3 rings (SSSR count). The molecule has 31 heavy (non-hydrogen) atoms. The smallest absolute Gasteiger partial charge is 0.172 e. The van der Waals surface area contributed by atoms with Crippen LogP contribution in [0.2, 0.25) is 0 Å². The normalized spacial score (nSPS) is 15.2. The van der Waals surface area contributed by atoms with E-state index in [0.29, 0.717) is 11.1 Å². The summed E-state index contributed by atoms with van der Waals surface area (Å²) in [7, 11) is 0. The summed E-state index contributed by atoms with van der Waals surface area (Å²) in [4.78, 5) is 2.69. The molecule has 0 amide bonds. The number of rotatable bonds is 4. The van der Waals surface area contributed by atoms with Crippen LogP contribution in [-0.4, -0.2) is 5.60 Å². The van der Waals surface area contributed by atoms with E-state index in [1.807, 2.05) is 35.7 Å². The average molecular weight is 505 g/mol. The van der Waals surface area contributed by atoms with Gasteiger partial charge in [-0.3, -0.25) is 0 Å². The highest BCUT2D eigenvalue weighted by Gasteiger charge is 2.38. The van der Waals surface area contributed by atoms with Gasteiger partial charge >= 0.3 is 0 Å². The Labute approximate surface area is 196 Å². The van der Waals surface area contributed by atoms with Gasteiger partial charge < -0.3 is 4.74 Å². The summed E-state index contributed by atoms with van der Waals surface area (Å²) in [5.41, 5.74) is 0.235. The highest BCUT2D eigenvalue weighted by Crippen LogP contribution is 2.40. The molecule has 5 nitrogen and oxygen atoms in total. The van der Waals surface area contributed by atoms with Gasteiger partial charge in [0, 0.05) is 24.7 Å². The molecule has 0 radical (unpaired) electrons. The maximum absolute atomic E-state index is 9.61. The van der Waals surface area contributed by atoms with Crippen molar-refractivity contribution in [2.24, 2.45) is 0 Å². The molecule has 0 N–H and O–H groups in total. The first-order chi connectivity index (χ1) is 14.8. The topological polar surface area (TPSA) is 104 Å². The number of halogens is 1. The van der Waals surface area contributed by atoms with Crippen LogP contribution in [0.4, 0.5) is 0 Å². The Hall–Kier alpha value is -3.40. The lowest BCUT2D eigenvalue weighted by atomic mass is 9.94. The van der Waals surface area contributed by atoms with Gasteiger partial charge in [0.1, 0.15) is 35.5 Å². The summed E-state index contributed by atoms with van der Waals surface area (Å²) in [6.45, 7) is 3.55. The van der Waals surface area contributed by atoms with Crippen molar-refractivity contribution in [1.29, 1.82) is 21.0 Å². The van der Waals surface area contributed by atoms with Crippen molar-refractivity contribution < 1.29 is 4.74 Å². The Morgan fingerprint density at radius 1 is 1.06 bits per heavy atom. The van der Waals surface area contributed by atoms with Crippen LogP contribution < -0.4 is 0 Å². The van der Waals surface area contributed by atoms with Crippen LogP contribution in [0.15, 0.2) is 56.6 Å². The Morgan fingerprint density at radius 3 is 2.39 bits per heavy atom. The fourth-order valence-corrected chi connectivity index (χ4v) is 5.23. The molecule has 2 aromatic heterocycles. The molecule has 8 heteroatoms. The molecule has 0 aromatic carbocycles. The van der Waals surface area contributed by atoms with E-state index in [9.17, 15) is 10.5 Å². The first-order valence-electron chi connectivity index (χ1n) is 8.86. The second kappa shape index (κ2) is 9.17. The van der Waals surface area contributed by atoms with Crippen molar-refractivity contribution in [3.63, 3.8) is 0 Å². The molecule has 3 heterocycles. The summed E-state index contributed by atoms with van der Waals surface area (Å²) >= 11 is 6.47. The molecule has 0 atom stereocenters. The van der Waals surface area contributed by atoms with Crippen molar-refractivity contribution in [3.05, 3.63) is 71.2 Å². The number of nitrogens with zero attached hydrogens (tertiary/aromatic N) is 4. The van der Waals surface area contributed by atoms with Gasteiger partial charge in [0.2, 0.25) is 0 Å². The number of hydrogen-bond donors (Lipinski definition) is 0. The average Bonchev–Trinajstić information content (AvgIpc) is 3.43. The summed E-state index contributed by atoms with van der Waals surface area (Å²) in [6, 6.07) is 13.6. The number of ether oxygens (including phenoxy) is 1. The maximum Gasteiger partial charge on any atom is 0.172 e. The quantitative estimate of drug-likeness (QED) is 0.437. The van der Waals surface area contributed by atoms with Gasteiger partial charge in [0.05, 0.1) is 5.57 Å². The first kappa shape index (κ1) is 22.3. The molecule has 1 aliphatic rings. The highest BCUT2D eigenvalue weighted by atomic mass is 79.9. The third-order valence-corrected chi connectivity index (χ3v) is 7.31. The fourth-order valence-electron chi connectivity index (χ4n) is 2.93. The minimum absolute atomic E-state index is 0.0141. The van der Waals surface area contributed by atoms with Crippen LogP contribution in [-0.2, 0) is 4.74 Å². The van der Waals surface area contributed by atoms with E-state index in [4.69, 9.17) is 15.3 Å². The standard InChI is InChI=1S/C23H13BrN4OS2/c1-23(2)18(17(13-28)22(29-23)15(11-26)12-27)5-3-16-4-6-20(31-16)14(10-25)9-21-19(24)7-8-30-21/h3-9H,1-2H3. The Balaban J connectivity index is 1.97. The molecule has 150 valence electrons. The molecule has 0 spiro atoms. The van der Waals surface area contributed by atoms with E-state index in [-0.39, 0.29) is 16.9 Å². The molecule has 0 aliphatic carbocycles. The number of hydrogen-bond acceptors (Lipinski definition) is 7. The summed E-state index contributed by atoms with van der Waals surface area (Å²) in [6.07, 6.45) is 5.45. The van der Waals surface area contributed by atoms with Gasteiger partial charge in [0.25, 0.3) is 0 Å². The van der Waals surface area contributed by atoms with E-state index >= 15 is 0 Å². The van der Waals surface area contributed by atoms with Crippen LogP contribution >= 0.6 is 38.6 Å². The highest BCUT2D eigenvalue weighted by molar-refractivity contribution is 9.10. The second-order valence-corrected chi connectivity index (χ2v) is 9.70. The van der Waals surface area contributed by atoms with Gasteiger partial charge in [-0.2, -0.15) is 21.0 Å². The lowest BCUT2D eigenvalue weighted by Gasteiger charge is -2.20. The SMILES string of the molecule is CC1(C)OC(=C(C#N)C#N)C(C#N)=C1C=Cc1ccc(C(C#N)=Cc2sccc2Br)s1. The summed E-state index contributed by atoms with van der Waals surface area (Å²) in [5, 5.41) is 39.5. The maximum atomic E-state index is 9.61. The lowest BCUT2D eigenvalue weighted by Crippen LogP contribution is -2.20. The molecule has 2 aromatic rings. The largest absolute Gasteiger partial charge is 0.480 e. The van der Waals surface area contributed by atoms with E-state index in [0.717, 1.165) is 19.1 Å². The molecule has 0 unspecified atom stereocenters. The predicted molar refractivity (Wildman–Crippen MR) is 125 cm³/mol. The van der Waals surface area contributed by atoms with Gasteiger partial charge in [-0.25, -0.2) is 0 Å². The zero-order valence-corrected chi connectivity index (χ0v) is 19.7. The Kier molecular flexibility index (Phi) is 6.59. The second-order valence-electron chi connectivity index (χ2n) is 6.78. The van der Waals surface area contributed by atoms with E-state index in [1.54, 1.807) is 43.4 Å². The molecule has 1 aliphatic heterocycles. The van der Waals surface area contributed by atoms with Crippen LogP contribution in [0.25, 0.3) is 17.7 Å². The van der Waals surface area contributed by atoms with Crippen molar-refractivity contribution in [3.8, 4) is 24.3 Å². The van der Waals surface area contributed by atoms with Crippen molar-refractivity contribution in [1.82, 2.24) is 0 Å². The number of nitriles is 4. The summed E-state index contributed by atoms with van der Waals surface area (Å²) < 4.78 is 6.71. The minimum atomic E-state index is -0.862. The molecule has 0 fully saturated rings. The zero-order valence-electron chi connectivity index (χ0n) is 16.4.